The van der Waals surface area contributed by atoms with E-state index < -0.39 is 0 Å². The molecule has 4 nitrogen and oxygen atoms in total. The monoisotopic (exact) mass is 273 g/mol. The van der Waals surface area contributed by atoms with Crippen molar-refractivity contribution < 1.29 is 9.18 Å². The lowest BCUT2D eigenvalue weighted by molar-refractivity contribution is 0.0963. The van der Waals surface area contributed by atoms with E-state index in [1.807, 2.05) is 7.05 Å². The number of amides is 1. The van der Waals surface area contributed by atoms with Crippen LogP contribution in [0.5, 0.6) is 0 Å². The molecule has 0 aliphatic rings. The van der Waals surface area contributed by atoms with Crippen LogP contribution in [0, 0.1) is 5.82 Å². The van der Waals surface area contributed by atoms with Gasteiger partial charge in [-0.1, -0.05) is 0 Å². The van der Waals surface area contributed by atoms with Gasteiger partial charge in [-0.2, -0.15) is 0 Å². The van der Waals surface area contributed by atoms with E-state index in [2.05, 4.69) is 5.32 Å². The Morgan fingerprint density at radius 2 is 1.85 bits per heavy atom. The molecule has 0 fully saturated rings. The van der Waals surface area contributed by atoms with Crippen molar-refractivity contribution in [2.24, 2.45) is 0 Å². The van der Waals surface area contributed by atoms with Crippen LogP contribution >= 0.6 is 0 Å². The van der Waals surface area contributed by atoms with E-state index in [4.69, 9.17) is 5.73 Å². The molecule has 2 rings (SSSR count). The van der Waals surface area contributed by atoms with Crippen LogP contribution in [-0.2, 0) is 0 Å². The van der Waals surface area contributed by atoms with Crippen LogP contribution < -0.4 is 16.0 Å². The molecule has 5 heteroatoms. The van der Waals surface area contributed by atoms with Gasteiger partial charge in [0.2, 0.25) is 0 Å². The molecule has 20 heavy (non-hydrogen) atoms. The van der Waals surface area contributed by atoms with Crippen molar-refractivity contribution in [3.05, 3.63) is 53.8 Å². The van der Waals surface area contributed by atoms with Crippen molar-refractivity contribution in [3.63, 3.8) is 0 Å². The number of carbonyl (C=O) groups excluding carboxylic acids is 1. The van der Waals surface area contributed by atoms with Gasteiger partial charge in [0.15, 0.2) is 0 Å². The molecule has 3 N–H and O–H groups in total. The zero-order valence-corrected chi connectivity index (χ0v) is 11.4. The Balaban J connectivity index is 2.40. The Bertz CT molecular complexity index is 626. The van der Waals surface area contributed by atoms with Gasteiger partial charge in [0.05, 0.1) is 11.4 Å². The van der Waals surface area contributed by atoms with E-state index in [0.717, 1.165) is 5.69 Å². The number of rotatable bonds is 3. The number of nitrogens with two attached hydrogens (primary N) is 1. The Labute approximate surface area is 117 Å². The van der Waals surface area contributed by atoms with E-state index in [0.29, 0.717) is 16.9 Å². The normalized spacial score (nSPS) is 10.2. The average Bonchev–Trinajstić information content (AvgIpc) is 2.47. The quantitative estimate of drug-likeness (QED) is 0.845. The highest BCUT2D eigenvalue weighted by molar-refractivity contribution is 5.96. The summed E-state index contributed by atoms with van der Waals surface area (Å²) in [6.07, 6.45) is 0. The van der Waals surface area contributed by atoms with Crippen LogP contribution in [0.25, 0.3) is 0 Å². The zero-order chi connectivity index (χ0) is 14.7. The van der Waals surface area contributed by atoms with Crippen LogP contribution in [0.3, 0.4) is 0 Å². The second-order valence-corrected chi connectivity index (χ2v) is 4.39. The second kappa shape index (κ2) is 5.61. The summed E-state index contributed by atoms with van der Waals surface area (Å²) in [5, 5.41) is 2.57. The maximum Gasteiger partial charge on any atom is 0.251 e. The third-order valence-corrected chi connectivity index (χ3v) is 3.09. The summed E-state index contributed by atoms with van der Waals surface area (Å²) in [5.41, 5.74) is 8.49. The van der Waals surface area contributed by atoms with Gasteiger partial charge in [-0.15, -0.1) is 0 Å². The third kappa shape index (κ3) is 2.71. The van der Waals surface area contributed by atoms with Crippen molar-refractivity contribution in [3.8, 4) is 0 Å². The maximum absolute atomic E-state index is 13.0. The van der Waals surface area contributed by atoms with E-state index in [-0.39, 0.29) is 11.7 Å². The highest BCUT2D eigenvalue weighted by Crippen LogP contribution is 2.29. The van der Waals surface area contributed by atoms with Crippen LogP contribution in [-0.4, -0.2) is 20.0 Å². The molecule has 104 valence electrons. The largest absolute Gasteiger partial charge is 0.397 e. The molecule has 0 atom stereocenters. The topological polar surface area (TPSA) is 58.4 Å². The van der Waals surface area contributed by atoms with Gasteiger partial charge in [0, 0.05) is 25.3 Å². The van der Waals surface area contributed by atoms with E-state index in [1.165, 1.54) is 12.1 Å². The molecule has 0 unspecified atom stereocenters. The minimum absolute atomic E-state index is 0.182. The number of anilines is 3. The number of carbonyl (C=O) groups is 1. The first-order chi connectivity index (χ1) is 9.52. The minimum atomic E-state index is -0.297. The van der Waals surface area contributed by atoms with Crippen LogP contribution in [0.4, 0.5) is 21.5 Å². The number of nitrogen functional groups attached to an aromatic ring is 1. The summed E-state index contributed by atoms with van der Waals surface area (Å²) < 4.78 is 13.0. The standard InChI is InChI=1S/C15H16FN3O/c1-18-15(20)10-3-8-13(17)14(9-10)19(2)12-6-4-11(16)5-7-12/h3-9H,17H2,1-2H3,(H,18,20). The van der Waals surface area contributed by atoms with Gasteiger partial charge in [0.1, 0.15) is 5.82 Å². The fraction of sp³-hybridized carbons (Fsp3) is 0.133. The van der Waals surface area contributed by atoms with Crippen molar-refractivity contribution in [1.82, 2.24) is 5.32 Å². The molecule has 0 saturated carbocycles. The molecule has 0 aromatic heterocycles. The lowest BCUT2D eigenvalue weighted by atomic mass is 10.1. The van der Waals surface area contributed by atoms with Gasteiger partial charge in [-0.25, -0.2) is 4.39 Å². The molecule has 0 heterocycles. The molecular formula is C15H16FN3O. The molecule has 1 amide bonds. The van der Waals surface area contributed by atoms with E-state index >= 15 is 0 Å². The SMILES string of the molecule is CNC(=O)c1ccc(N)c(N(C)c2ccc(F)cc2)c1. The lowest BCUT2D eigenvalue weighted by Crippen LogP contribution is -2.19. The number of nitrogens with zero attached hydrogens (tertiary/aromatic N) is 1. The fourth-order valence-corrected chi connectivity index (χ4v) is 1.92. The third-order valence-electron chi connectivity index (χ3n) is 3.09. The molecule has 0 aliphatic heterocycles. The van der Waals surface area contributed by atoms with Crippen LogP contribution in [0.1, 0.15) is 10.4 Å². The number of nitrogens with one attached hydrogen (secondary N) is 1. The number of halogens is 1. The van der Waals surface area contributed by atoms with Crippen molar-refractivity contribution in [2.75, 3.05) is 24.7 Å². The van der Waals surface area contributed by atoms with Crippen molar-refractivity contribution in [1.29, 1.82) is 0 Å². The Morgan fingerprint density at radius 3 is 2.45 bits per heavy atom. The zero-order valence-electron chi connectivity index (χ0n) is 11.4. The predicted molar refractivity (Wildman–Crippen MR) is 78.7 cm³/mol. The lowest BCUT2D eigenvalue weighted by Gasteiger charge is -2.22. The number of benzene rings is 2. The summed E-state index contributed by atoms with van der Waals surface area (Å²) in [6.45, 7) is 0. The van der Waals surface area contributed by atoms with E-state index in [1.54, 1.807) is 42.3 Å². The molecule has 0 saturated heterocycles. The number of hydrogen-bond donors (Lipinski definition) is 2. The fourth-order valence-electron chi connectivity index (χ4n) is 1.92. The number of hydrogen-bond acceptors (Lipinski definition) is 3. The van der Waals surface area contributed by atoms with Crippen LogP contribution in [0.15, 0.2) is 42.5 Å². The molecule has 0 aliphatic carbocycles. The highest BCUT2D eigenvalue weighted by atomic mass is 19.1. The first-order valence-corrected chi connectivity index (χ1v) is 6.14. The maximum atomic E-state index is 13.0. The molecule has 2 aromatic rings. The Kier molecular flexibility index (Phi) is 3.89. The molecule has 0 spiro atoms. The minimum Gasteiger partial charge on any atom is -0.397 e. The van der Waals surface area contributed by atoms with E-state index in [9.17, 15) is 9.18 Å². The van der Waals surface area contributed by atoms with Crippen molar-refractivity contribution in [2.45, 2.75) is 0 Å². The summed E-state index contributed by atoms with van der Waals surface area (Å²) >= 11 is 0. The predicted octanol–water partition coefficient (Wildman–Crippen LogP) is 2.54. The highest BCUT2D eigenvalue weighted by Gasteiger charge is 2.11. The summed E-state index contributed by atoms with van der Waals surface area (Å²) in [7, 11) is 3.38. The molecule has 0 radical (unpaired) electrons. The van der Waals surface area contributed by atoms with Gasteiger partial charge < -0.3 is 16.0 Å². The Hall–Kier alpha value is -2.56. The molecule has 2 aromatic carbocycles. The van der Waals surface area contributed by atoms with Crippen molar-refractivity contribution >= 4 is 23.0 Å². The van der Waals surface area contributed by atoms with Gasteiger partial charge in [-0.3, -0.25) is 4.79 Å². The summed E-state index contributed by atoms with van der Waals surface area (Å²) in [5.74, 6) is -0.479. The second-order valence-electron chi connectivity index (χ2n) is 4.39. The van der Waals surface area contributed by atoms with Gasteiger partial charge in [0.25, 0.3) is 5.91 Å². The van der Waals surface area contributed by atoms with Gasteiger partial charge >= 0.3 is 0 Å². The Morgan fingerprint density at radius 1 is 1.20 bits per heavy atom. The smallest absolute Gasteiger partial charge is 0.251 e. The summed E-state index contributed by atoms with van der Waals surface area (Å²) in [4.78, 5) is 13.5. The molecule has 0 bridgehead atoms. The first-order valence-electron chi connectivity index (χ1n) is 6.14. The average molecular weight is 273 g/mol. The summed E-state index contributed by atoms with van der Waals surface area (Å²) in [6, 6.07) is 11.1. The van der Waals surface area contributed by atoms with Gasteiger partial charge in [-0.05, 0) is 42.5 Å². The first kappa shape index (κ1) is 13.9. The molecular weight excluding hydrogens is 257 g/mol. The van der Waals surface area contributed by atoms with Crippen LogP contribution in [0.2, 0.25) is 0 Å².